The number of carboxylic acids is 1. The van der Waals surface area contributed by atoms with E-state index in [1.54, 1.807) is 0 Å². The molecule has 196 valence electrons. The van der Waals surface area contributed by atoms with Crippen molar-refractivity contribution in [3.63, 3.8) is 0 Å². The molecule has 17 heteroatoms. The molecule has 1 aliphatic carbocycles. The third-order valence-corrected chi connectivity index (χ3v) is 8.58. The first-order valence-electron chi connectivity index (χ1n) is 10.3. The predicted octanol–water partition coefficient (Wildman–Crippen LogP) is 2.16. The molecule has 2 heterocycles. The second kappa shape index (κ2) is 8.14. The Morgan fingerprint density at radius 3 is 2.25 bits per heavy atom. The Balaban J connectivity index is 1.73. The summed E-state index contributed by atoms with van der Waals surface area (Å²) in [5, 5.41) is 17.9. The molecule has 0 radical (unpaired) electrons. The van der Waals surface area contributed by atoms with Gasteiger partial charge in [-0.15, -0.1) is 5.10 Å². The number of hydrogen-bond acceptors (Lipinski definition) is 7. The number of hydrogen-bond donors (Lipinski definition) is 1. The highest BCUT2D eigenvalue weighted by Gasteiger charge is 2.70. The summed E-state index contributed by atoms with van der Waals surface area (Å²) < 4.78 is 109. The van der Waals surface area contributed by atoms with E-state index in [1.807, 2.05) is 0 Å². The number of halogens is 6. The summed E-state index contributed by atoms with van der Waals surface area (Å²) >= 11 is 0. The van der Waals surface area contributed by atoms with Gasteiger partial charge in [-0.1, -0.05) is 0 Å². The summed E-state index contributed by atoms with van der Waals surface area (Å²) in [7, 11) is -4.96. The molecule has 1 saturated heterocycles. The Kier molecular flexibility index (Phi) is 5.84. The van der Waals surface area contributed by atoms with Gasteiger partial charge in [-0.2, -0.15) is 31.0 Å². The summed E-state index contributed by atoms with van der Waals surface area (Å²) in [6, 6.07) is 0.189. The number of carboxylic acid groups (broad SMARTS) is 1. The average molecular weight is 541 g/mol. The number of amides is 1. The molecular formula is C19H17F6N5O5S. The maximum absolute atomic E-state index is 13.9. The smallest absolute Gasteiger partial charge is 0.417 e. The molecule has 36 heavy (non-hydrogen) atoms. The molecule has 10 nitrogen and oxygen atoms in total. The van der Waals surface area contributed by atoms with Crippen molar-refractivity contribution in [1.29, 1.82) is 0 Å². The Hall–Kier alpha value is -3.24. The number of aryl methyl sites for hydroxylation is 1. The number of benzene rings is 1. The van der Waals surface area contributed by atoms with Crippen LogP contribution in [0, 0.1) is 12.3 Å². The van der Waals surface area contributed by atoms with Gasteiger partial charge in [-0.25, -0.2) is 13.2 Å². The Labute approximate surface area is 198 Å². The van der Waals surface area contributed by atoms with E-state index >= 15 is 0 Å². The molecule has 1 aromatic carbocycles. The van der Waals surface area contributed by atoms with Gasteiger partial charge in [0.15, 0.2) is 15.7 Å². The number of aromatic nitrogens is 4. The number of tetrazole rings is 1. The number of likely N-dealkylation sites (tertiary alicyclic amines) is 1. The van der Waals surface area contributed by atoms with Crippen LogP contribution in [0.5, 0.6) is 0 Å². The van der Waals surface area contributed by atoms with Crippen LogP contribution in [0.2, 0.25) is 0 Å². The van der Waals surface area contributed by atoms with Gasteiger partial charge in [0, 0.05) is 6.54 Å². The van der Waals surface area contributed by atoms with Crippen molar-refractivity contribution >= 4 is 21.7 Å². The zero-order valence-corrected chi connectivity index (χ0v) is 19.0. The minimum Gasteiger partial charge on any atom is -0.480 e. The summed E-state index contributed by atoms with van der Waals surface area (Å²) in [6.45, 7) is 0.392. The number of alkyl halides is 6. The summed E-state index contributed by atoms with van der Waals surface area (Å²) in [4.78, 5) is 23.5. The average Bonchev–Trinajstić information content (AvgIpc) is 3.29. The fourth-order valence-electron chi connectivity index (χ4n) is 4.27. The van der Waals surface area contributed by atoms with Crippen molar-refractivity contribution in [2.45, 2.75) is 54.7 Å². The first kappa shape index (κ1) is 25.8. The quantitative estimate of drug-likeness (QED) is 0.569. The van der Waals surface area contributed by atoms with E-state index in [0.29, 0.717) is 17.0 Å². The molecular weight excluding hydrogens is 524 g/mol. The Morgan fingerprint density at radius 1 is 1.14 bits per heavy atom. The topological polar surface area (TPSA) is 135 Å². The molecule has 0 unspecified atom stereocenters. The van der Waals surface area contributed by atoms with Crippen molar-refractivity contribution in [2.75, 3.05) is 6.54 Å². The molecule has 4 rings (SSSR count). The minimum atomic E-state index is -5.19. The van der Waals surface area contributed by atoms with E-state index in [1.165, 1.54) is 6.92 Å². The van der Waals surface area contributed by atoms with Crippen LogP contribution in [-0.2, 0) is 25.6 Å². The van der Waals surface area contributed by atoms with E-state index in [4.69, 9.17) is 0 Å². The predicted molar refractivity (Wildman–Crippen MR) is 105 cm³/mol. The van der Waals surface area contributed by atoms with Crippen LogP contribution in [0.4, 0.5) is 26.3 Å². The van der Waals surface area contributed by atoms with Crippen LogP contribution in [0.1, 0.15) is 30.7 Å². The van der Waals surface area contributed by atoms with Gasteiger partial charge in [-0.3, -0.25) is 4.79 Å². The number of carbonyl (C=O) groups excluding carboxylic acids is 1. The highest BCUT2D eigenvalue weighted by molar-refractivity contribution is 7.92. The molecule has 0 spiro atoms. The summed E-state index contributed by atoms with van der Waals surface area (Å²) in [5.74, 6) is -3.26. The zero-order chi connectivity index (χ0) is 26.8. The van der Waals surface area contributed by atoms with Crippen molar-refractivity contribution in [1.82, 2.24) is 25.1 Å². The van der Waals surface area contributed by atoms with Crippen LogP contribution in [0.25, 0.3) is 5.69 Å². The SMILES string of the molecule is Cc1nnnn1-c1ccc(S(=O)(=O)[C@@H]2C[C@@H](C(=O)O)N(C(=O)C3(C(F)(F)F)CC3)C2)c(C(F)(F)F)c1. The van der Waals surface area contributed by atoms with Gasteiger partial charge < -0.3 is 10.0 Å². The first-order chi connectivity index (χ1) is 16.5. The summed E-state index contributed by atoms with van der Waals surface area (Å²) in [5.41, 5.74) is -4.63. The molecule has 1 amide bonds. The molecule has 2 aliphatic rings. The molecule has 1 N–H and O–H groups in total. The molecule has 2 atom stereocenters. The molecule has 2 aromatic rings. The summed E-state index contributed by atoms with van der Waals surface area (Å²) in [6.07, 6.45) is -12.2. The van der Waals surface area contributed by atoms with Crippen LogP contribution in [0.3, 0.4) is 0 Å². The van der Waals surface area contributed by atoms with E-state index in [2.05, 4.69) is 15.5 Å². The standard InChI is InChI=1S/C19H17F6N5O5S/c1-9-26-27-28-30(9)10-2-3-14(12(6-10)18(20,21)22)36(34,35)11-7-13(15(31)32)29(8-11)16(33)17(4-5-17)19(23,24)25/h2-3,6,11,13H,4-5,7-8H2,1H3,(H,31,32)/t11-,13+/m1/s1. The van der Waals surface area contributed by atoms with E-state index in [9.17, 15) is 49.5 Å². The first-order valence-corrected chi connectivity index (χ1v) is 11.9. The number of sulfone groups is 1. The fraction of sp³-hybridized carbons (Fsp3) is 0.526. The van der Waals surface area contributed by atoms with Gasteiger partial charge in [0.25, 0.3) is 0 Å². The Bertz CT molecular complexity index is 1330. The Morgan fingerprint density at radius 2 is 1.78 bits per heavy atom. The lowest BCUT2D eigenvalue weighted by Crippen LogP contribution is -2.48. The van der Waals surface area contributed by atoms with Gasteiger partial charge in [0.05, 0.1) is 21.4 Å². The van der Waals surface area contributed by atoms with E-state index < -0.39 is 87.0 Å². The maximum Gasteiger partial charge on any atom is 0.417 e. The van der Waals surface area contributed by atoms with Gasteiger partial charge in [0.2, 0.25) is 5.91 Å². The molecule has 2 fully saturated rings. The minimum absolute atomic E-state index is 0.103. The second-order valence-corrected chi connectivity index (χ2v) is 10.8. The normalized spacial score (nSPS) is 22.0. The molecule has 1 aromatic heterocycles. The van der Waals surface area contributed by atoms with Crippen LogP contribution in [0.15, 0.2) is 23.1 Å². The number of nitrogens with zero attached hydrogens (tertiary/aromatic N) is 5. The lowest BCUT2D eigenvalue weighted by Gasteiger charge is -2.28. The van der Waals surface area contributed by atoms with Crippen molar-refractivity contribution in [2.24, 2.45) is 5.41 Å². The van der Waals surface area contributed by atoms with Crippen LogP contribution >= 0.6 is 0 Å². The largest absolute Gasteiger partial charge is 0.480 e. The third-order valence-electron chi connectivity index (χ3n) is 6.39. The fourth-order valence-corrected chi connectivity index (χ4v) is 6.16. The lowest BCUT2D eigenvalue weighted by molar-refractivity contribution is -0.199. The van der Waals surface area contributed by atoms with Gasteiger partial charge in [0.1, 0.15) is 11.5 Å². The lowest BCUT2D eigenvalue weighted by atomic mass is 10.0. The van der Waals surface area contributed by atoms with Crippen molar-refractivity contribution in [3.8, 4) is 5.69 Å². The molecule has 1 aliphatic heterocycles. The van der Waals surface area contributed by atoms with Crippen molar-refractivity contribution < 1.29 is 49.5 Å². The number of rotatable bonds is 5. The third kappa shape index (κ3) is 4.08. The second-order valence-electron chi connectivity index (χ2n) is 8.61. The molecule has 1 saturated carbocycles. The van der Waals surface area contributed by atoms with Crippen LogP contribution in [-0.4, -0.2) is 74.5 Å². The highest BCUT2D eigenvalue weighted by Crippen LogP contribution is 2.59. The number of aliphatic carboxylic acids is 1. The van der Waals surface area contributed by atoms with Gasteiger partial charge >= 0.3 is 18.3 Å². The maximum atomic E-state index is 13.9. The number of carbonyl (C=O) groups is 2. The molecule has 0 bridgehead atoms. The highest BCUT2D eigenvalue weighted by atomic mass is 32.2. The van der Waals surface area contributed by atoms with Gasteiger partial charge in [-0.05, 0) is 54.8 Å². The monoisotopic (exact) mass is 541 g/mol. The van der Waals surface area contributed by atoms with Crippen LogP contribution < -0.4 is 0 Å². The zero-order valence-electron chi connectivity index (χ0n) is 18.2. The van der Waals surface area contributed by atoms with Crippen molar-refractivity contribution in [3.05, 3.63) is 29.6 Å². The van der Waals surface area contributed by atoms with E-state index in [-0.39, 0.29) is 11.5 Å². The van der Waals surface area contributed by atoms with E-state index in [0.717, 1.165) is 10.7 Å².